The van der Waals surface area contributed by atoms with Crippen LogP contribution >= 0.6 is 0 Å². The van der Waals surface area contributed by atoms with Crippen LogP contribution in [0.3, 0.4) is 0 Å². The predicted molar refractivity (Wildman–Crippen MR) is 97.1 cm³/mol. The molecule has 0 saturated heterocycles. The number of anilines is 1. The minimum atomic E-state index is -0.321. The molecule has 3 aromatic rings. The molecule has 0 aliphatic rings. The molecule has 0 radical (unpaired) electrons. The monoisotopic (exact) mass is 349 g/mol. The average Bonchev–Trinajstić information content (AvgIpc) is 3.14. The average molecular weight is 349 g/mol. The van der Waals surface area contributed by atoms with Gasteiger partial charge in [0.05, 0.1) is 0 Å². The number of aromatic nitrogens is 2. The van der Waals surface area contributed by atoms with Crippen molar-refractivity contribution in [3.8, 4) is 0 Å². The van der Waals surface area contributed by atoms with Crippen molar-refractivity contribution in [2.24, 2.45) is 0 Å². The van der Waals surface area contributed by atoms with Crippen LogP contribution in [0.2, 0.25) is 0 Å². The summed E-state index contributed by atoms with van der Waals surface area (Å²) in [5.74, 6) is -0.702. The van der Waals surface area contributed by atoms with Gasteiger partial charge < -0.3 is 5.32 Å². The molecule has 6 heteroatoms. The zero-order valence-electron chi connectivity index (χ0n) is 13.8. The Kier molecular flexibility index (Phi) is 5.34. The van der Waals surface area contributed by atoms with Crippen LogP contribution in [0.15, 0.2) is 73.1 Å². The maximum Gasteiger partial charge on any atom is 0.246 e. The van der Waals surface area contributed by atoms with Gasteiger partial charge in [-0.2, -0.15) is 5.10 Å². The van der Waals surface area contributed by atoms with E-state index in [0.29, 0.717) is 11.3 Å². The van der Waals surface area contributed by atoms with Crippen LogP contribution in [0.1, 0.15) is 15.9 Å². The number of amides is 1. The highest BCUT2D eigenvalue weighted by atomic mass is 19.1. The Morgan fingerprint density at radius 1 is 1.08 bits per heavy atom. The second-order valence-corrected chi connectivity index (χ2v) is 5.58. The van der Waals surface area contributed by atoms with E-state index in [-0.39, 0.29) is 24.1 Å². The summed E-state index contributed by atoms with van der Waals surface area (Å²) in [7, 11) is 0. The maximum atomic E-state index is 12.9. The van der Waals surface area contributed by atoms with Gasteiger partial charge in [-0.3, -0.25) is 14.3 Å². The molecule has 0 unspecified atom stereocenters. The van der Waals surface area contributed by atoms with E-state index < -0.39 is 0 Å². The zero-order valence-corrected chi connectivity index (χ0v) is 13.8. The van der Waals surface area contributed by atoms with Crippen LogP contribution in [0, 0.1) is 5.82 Å². The minimum absolute atomic E-state index is 0.119. The molecule has 0 atom stereocenters. The predicted octanol–water partition coefficient (Wildman–Crippen LogP) is 3.56. The lowest BCUT2D eigenvalue weighted by Gasteiger charge is -2.06. The highest BCUT2D eigenvalue weighted by molar-refractivity contribution is 6.07. The van der Waals surface area contributed by atoms with Gasteiger partial charge in [0.1, 0.15) is 12.4 Å². The van der Waals surface area contributed by atoms with Crippen LogP contribution in [-0.4, -0.2) is 21.5 Å². The SMILES string of the molecule is O=C(Cn1cccn1)Nc1ccc(C(=O)/C=C/c2ccc(F)cc2)cc1. The molecule has 5 nitrogen and oxygen atoms in total. The molecule has 1 N–H and O–H groups in total. The van der Waals surface area contributed by atoms with Gasteiger partial charge in [0.2, 0.25) is 5.91 Å². The van der Waals surface area contributed by atoms with E-state index in [1.165, 1.54) is 22.9 Å². The highest BCUT2D eigenvalue weighted by Gasteiger charge is 2.06. The number of ketones is 1. The first-order valence-electron chi connectivity index (χ1n) is 7.95. The number of benzene rings is 2. The Balaban J connectivity index is 1.58. The maximum absolute atomic E-state index is 12.9. The molecule has 0 saturated carbocycles. The summed E-state index contributed by atoms with van der Waals surface area (Å²) < 4.78 is 14.4. The third-order valence-electron chi connectivity index (χ3n) is 3.62. The summed E-state index contributed by atoms with van der Waals surface area (Å²) in [5.41, 5.74) is 1.83. The van der Waals surface area contributed by atoms with E-state index in [2.05, 4.69) is 10.4 Å². The van der Waals surface area contributed by atoms with E-state index >= 15 is 0 Å². The molecule has 2 aromatic carbocycles. The van der Waals surface area contributed by atoms with Crippen molar-refractivity contribution in [2.45, 2.75) is 6.54 Å². The molecular weight excluding hydrogens is 333 g/mol. The molecule has 130 valence electrons. The normalized spacial score (nSPS) is 10.8. The first kappa shape index (κ1) is 17.3. The van der Waals surface area contributed by atoms with E-state index in [0.717, 1.165) is 5.56 Å². The summed E-state index contributed by atoms with van der Waals surface area (Å²) in [4.78, 5) is 24.1. The molecule has 1 aromatic heterocycles. The van der Waals surface area contributed by atoms with Crippen LogP contribution in [-0.2, 0) is 11.3 Å². The summed E-state index contributed by atoms with van der Waals surface area (Å²) in [5, 5.41) is 6.71. The van der Waals surface area contributed by atoms with Crippen LogP contribution in [0.5, 0.6) is 0 Å². The number of nitrogens with one attached hydrogen (secondary N) is 1. The lowest BCUT2D eigenvalue weighted by molar-refractivity contribution is -0.116. The molecule has 0 bridgehead atoms. The smallest absolute Gasteiger partial charge is 0.246 e. The van der Waals surface area contributed by atoms with Crippen LogP contribution in [0.25, 0.3) is 6.08 Å². The zero-order chi connectivity index (χ0) is 18.4. The second kappa shape index (κ2) is 8.02. The van der Waals surface area contributed by atoms with Gasteiger partial charge in [0.15, 0.2) is 5.78 Å². The number of halogens is 1. The Labute approximate surface area is 149 Å². The number of hydrogen-bond acceptors (Lipinski definition) is 3. The van der Waals surface area contributed by atoms with Crippen molar-refractivity contribution in [2.75, 3.05) is 5.32 Å². The Morgan fingerprint density at radius 2 is 1.81 bits per heavy atom. The van der Waals surface area contributed by atoms with E-state index in [1.54, 1.807) is 60.9 Å². The standard InChI is InChI=1S/C20H16FN3O2/c21-17-7-2-15(3-8-17)4-11-19(25)16-5-9-18(10-6-16)23-20(26)14-24-13-1-12-22-24/h1-13H,14H2,(H,23,26)/b11-4+. The van der Waals surface area contributed by atoms with Gasteiger partial charge in [-0.1, -0.05) is 18.2 Å². The summed E-state index contributed by atoms with van der Waals surface area (Å²) in [6, 6.07) is 14.2. The second-order valence-electron chi connectivity index (χ2n) is 5.58. The molecule has 0 spiro atoms. The molecule has 1 heterocycles. The molecule has 0 fully saturated rings. The quantitative estimate of drug-likeness (QED) is 0.547. The lowest BCUT2D eigenvalue weighted by Crippen LogP contribution is -2.18. The van der Waals surface area contributed by atoms with Crippen molar-refractivity contribution >= 4 is 23.5 Å². The Bertz CT molecular complexity index is 915. The number of carbonyl (C=O) groups is 2. The van der Waals surface area contributed by atoms with E-state index in [4.69, 9.17) is 0 Å². The summed E-state index contributed by atoms with van der Waals surface area (Å²) in [6.07, 6.45) is 6.36. The first-order valence-corrected chi connectivity index (χ1v) is 7.95. The Morgan fingerprint density at radius 3 is 2.46 bits per heavy atom. The van der Waals surface area contributed by atoms with Gasteiger partial charge in [0, 0.05) is 23.6 Å². The molecule has 3 rings (SSSR count). The van der Waals surface area contributed by atoms with Gasteiger partial charge in [-0.25, -0.2) is 4.39 Å². The third-order valence-corrected chi connectivity index (χ3v) is 3.62. The molecule has 26 heavy (non-hydrogen) atoms. The molecular formula is C20H16FN3O2. The van der Waals surface area contributed by atoms with Crippen molar-refractivity contribution in [1.29, 1.82) is 0 Å². The topological polar surface area (TPSA) is 64.0 Å². The van der Waals surface area contributed by atoms with Gasteiger partial charge in [-0.15, -0.1) is 0 Å². The first-order chi connectivity index (χ1) is 12.6. The van der Waals surface area contributed by atoms with Crippen molar-refractivity contribution in [3.05, 3.63) is 90.0 Å². The fourth-order valence-corrected chi connectivity index (χ4v) is 2.30. The molecule has 1 amide bonds. The van der Waals surface area contributed by atoms with Crippen molar-refractivity contribution < 1.29 is 14.0 Å². The fourth-order valence-electron chi connectivity index (χ4n) is 2.30. The molecule has 0 aliphatic carbocycles. The lowest BCUT2D eigenvalue weighted by atomic mass is 10.1. The summed E-state index contributed by atoms with van der Waals surface area (Å²) >= 11 is 0. The minimum Gasteiger partial charge on any atom is -0.324 e. The highest BCUT2D eigenvalue weighted by Crippen LogP contribution is 2.12. The summed E-state index contributed by atoms with van der Waals surface area (Å²) in [6.45, 7) is 0.119. The fraction of sp³-hybridized carbons (Fsp3) is 0.0500. The van der Waals surface area contributed by atoms with Crippen LogP contribution in [0.4, 0.5) is 10.1 Å². The number of rotatable bonds is 6. The van der Waals surface area contributed by atoms with E-state index in [1.807, 2.05) is 0 Å². The number of hydrogen-bond donors (Lipinski definition) is 1. The largest absolute Gasteiger partial charge is 0.324 e. The third kappa shape index (κ3) is 4.73. The van der Waals surface area contributed by atoms with Crippen molar-refractivity contribution in [1.82, 2.24) is 9.78 Å². The van der Waals surface area contributed by atoms with Gasteiger partial charge >= 0.3 is 0 Å². The van der Waals surface area contributed by atoms with Gasteiger partial charge in [0.25, 0.3) is 0 Å². The van der Waals surface area contributed by atoms with E-state index in [9.17, 15) is 14.0 Å². The number of carbonyl (C=O) groups excluding carboxylic acids is 2. The Hall–Kier alpha value is -3.54. The molecule has 0 aliphatic heterocycles. The number of allylic oxidation sites excluding steroid dienone is 1. The van der Waals surface area contributed by atoms with Crippen molar-refractivity contribution in [3.63, 3.8) is 0 Å². The van der Waals surface area contributed by atoms with Crippen LogP contribution < -0.4 is 5.32 Å². The van der Waals surface area contributed by atoms with Gasteiger partial charge in [-0.05, 0) is 54.1 Å². The number of nitrogens with zero attached hydrogens (tertiary/aromatic N) is 2.